The van der Waals surface area contributed by atoms with Gasteiger partial charge in [0.1, 0.15) is 9.90 Å². The lowest BCUT2D eigenvalue weighted by molar-refractivity contribution is 0.378. The Balaban J connectivity index is 2.42. The van der Waals surface area contributed by atoms with Crippen LogP contribution in [0.2, 0.25) is 0 Å². The van der Waals surface area contributed by atoms with E-state index in [1.165, 1.54) is 11.5 Å². The summed E-state index contributed by atoms with van der Waals surface area (Å²) in [6.07, 6.45) is 2.15. The third-order valence-corrected chi connectivity index (χ3v) is 6.56. The largest absolute Gasteiger partial charge is 0.382 e. The molecule has 0 aromatic carbocycles. The number of hydrogen-bond donors (Lipinski definition) is 1. The Hall–Kier alpha value is -0.820. The normalized spacial score (nSPS) is 24.7. The fourth-order valence-corrected chi connectivity index (χ4v) is 5.04. The molecule has 2 rings (SSSR count). The molecule has 108 valence electrons. The summed E-state index contributed by atoms with van der Waals surface area (Å²) in [6, 6.07) is 0.328. The number of hydrogen-bond acceptors (Lipinski definition) is 6. The van der Waals surface area contributed by atoms with Crippen LogP contribution in [0.15, 0.2) is 4.90 Å². The van der Waals surface area contributed by atoms with Crippen molar-refractivity contribution < 1.29 is 8.42 Å². The summed E-state index contributed by atoms with van der Waals surface area (Å²) in [4.78, 5) is 2.39. The van der Waals surface area contributed by atoms with E-state index in [4.69, 9.17) is 5.73 Å². The molecule has 19 heavy (non-hydrogen) atoms. The second kappa shape index (κ2) is 5.28. The first-order chi connectivity index (χ1) is 8.86. The molecular formula is C12H21N3O2S2. The van der Waals surface area contributed by atoms with Crippen LogP contribution in [-0.4, -0.2) is 31.1 Å². The predicted molar refractivity (Wildman–Crippen MR) is 79.5 cm³/mol. The van der Waals surface area contributed by atoms with Crippen LogP contribution < -0.4 is 10.6 Å². The maximum Gasteiger partial charge on any atom is 0.184 e. The molecule has 1 saturated heterocycles. The number of aromatic nitrogens is 1. The van der Waals surface area contributed by atoms with Gasteiger partial charge in [0.25, 0.3) is 0 Å². The van der Waals surface area contributed by atoms with Crippen LogP contribution in [0.25, 0.3) is 0 Å². The van der Waals surface area contributed by atoms with Crippen molar-refractivity contribution in [3.05, 3.63) is 0 Å². The van der Waals surface area contributed by atoms with E-state index in [0.29, 0.717) is 12.0 Å². The van der Waals surface area contributed by atoms with Crippen molar-refractivity contribution in [1.82, 2.24) is 4.37 Å². The van der Waals surface area contributed by atoms with E-state index >= 15 is 0 Å². The molecule has 1 aromatic rings. The summed E-state index contributed by atoms with van der Waals surface area (Å²) < 4.78 is 28.4. The van der Waals surface area contributed by atoms with E-state index in [9.17, 15) is 8.42 Å². The van der Waals surface area contributed by atoms with E-state index in [-0.39, 0.29) is 16.5 Å². The SMILES string of the molecule is CCS(=O)(=O)c1c(N)nsc1N1CCC(C)CC1C. The van der Waals surface area contributed by atoms with Crippen molar-refractivity contribution in [2.45, 2.75) is 44.6 Å². The average Bonchev–Trinajstić information content (AvgIpc) is 2.72. The number of anilines is 2. The molecule has 0 radical (unpaired) electrons. The van der Waals surface area contributed by atoms with E-state index in [2.05, 4.69) is 23.1 Å². The molecule has 5 nitrogen and oxygen atoms in total. The van der Waals surface area contributed by atoms with Crippen LogP contribution in [0.4, 0.5) is 10.8 Å². The van der Waals surface area contributed by atoms with Gasteiger partial charge in [-0.3, -0.25) is 0 Å². The molecule has 1 aromatic heterocycles. The van der Waals surface area contributed by atoms with Gasteiger partial charge in [-0.15, -0.1) is 0 Å². The lowest BCUT2D eigenvalue weighted by Crippen LogP contribution is -2.40. The first kappa shape index (κ1) is 14.6. The molecule has 0 aliphatic carbocycles. The van der Waals surface area contributed by atoms with Crippen LogP contribution in [-0.2, 0) is 9.84 Å². The first-order valence-corrected chi connectivity index (χ1v) is 9.04. The van der Waals surface area contributed by atoms with Gasteiger partial charge in [-0.1, -0.05) is 13.8 Å². The fraction of sp³-hybridized carbons (Fsp3) is 0.750. The molecule has 0 spiro atoms. The lowest BCUT2D eigenvalue weighted by atomic mass is 9.94. The Bertz CT molecular complexity index is 553. The summed E-state index contributed by atoms with van der Waals surface area (Å²) in [5, 5.41) is 0.721. The maximum absolute atomic E-state index is 12.2. The smallest absolute Gasteiger partial charge is 0.184 e. The standard InChI is InChI=1S/C12H21N3O2S2/c1-4-19(16,17)10-11(13)14-18-12(10)15-6-5-8(2)7-9(15)3/h8-9H,4-7H2,1-3H3,(H2,13,14). The van der Waals surface area contributed by atoms with Crippen LogP contribution in [0.3, 0.4) is 0 Å². The van der Waals surface area contributed by atoms with Crippen molar-refractivity contribution in [2.75, 3.05) is 22.9 Å². The van der Waals surface area contributed by atoms with E-state index in [1.54, 1.807) is 6.92 Å². The molecule has 1 aliphatic rings. The lowest BCUT2D eigenvalue weighted by Gasteiger charge is -2.37. The van der Waals surface area contributed by atoms with Gasteiger partial charge in [0.2, 0.25) is 0 Å². The van der Waals surface area contributed by atoms with Gasteiger partial charge in [-0.05, 0) is 37.2 Å². The Morgan fingerprint density at radius 3 is 2.74 bits per heavy atom. The molecule has 7 heteroatoms. The van der Waals surface area contributed by atoms with Gasteiger partial charge >= 0.3 is 0 Å². The summed E-state index contributed by atoms with van der Waals surface area (Å²) in [6.45, 7) is 6.88. The molecule has 0 saturated carbocycles. The van der Waals surface area contributed by atoms with Crippen molar-refractivity contribution in [3.8, 4) is 0 Å². The molecule has 1 aliphatic heterocycles. The van der Waals surface area contributed by atoms with Crippen LogP contribution >= 0.6 is 11.5 Å². The molecule has 0 bridgehead atoms. The minimum absolute atomic E-state index is 0.0568. The second-order valence-corrected chi connectivity index (χ2v) is 8.24. The highest BCUT2D eigenvalue weighted by atomic mass is 32.2. The van der Waals surface area contributed by atoms with E-state index in [0.717, 1.165) is 24.4 Å². The zero-order valence-electron chi connectivity index (χ0n) is 11.6. The molecule has 1 fully saturated rings. The number of nitrogen functional groups attached to an aromatic ring is 1. The fourth-order valence-electron chi connectivity index (χ4n) is 2.61. The zero-order chi connectivity index (χ0) is 14.2. The highest BCUT2D eigenvalue weighted by Gasteiger charge is 2.31. The van der Waals surface area contributed by atoms with Gasteiger partial charge in [0.05, 0.1) is 5.75 Å². The van der Waals surface area contributed by atoms with Gasteiger partial charge < -0.3 is 10.6 Å². The van der Waals surface area contributed by atoms with Crippen LogP contribution in [0.1, 0.15) is 33.6 Å². The number of nitrogens with zero attached hydrogens (tertiary/aromatic N) is 2. The summed E-state index contributed by atoms with van der Waals surface area (Å²) in [5.74, 6) is 0.886. The van der Waals surface area contributed by atoms with Gasteiger partial charge in [0, 0.05) is 12.6 Å². The van der Waals surface area contributed by atoms with E-state index in [1.807, 2.05) is 0 Å². The van der Waals surface area contributed by atoms with Crippen LogP contribution in [0, 0.1) is 5.92 Å². The van der Waals surface area contributed by atoms with Crippen molar-refractivity contribution in [3.63, 3.8) is 0 Å². The summed E-state index contributed by atoms with van der Waals surface area (Å²) >= 11 is 1.20. The topological polar surface area (TPSA) is 76.3 Å². The van der Waals surface area contributed by atoms with Crippen LogP contribution in [0.5, 0.6) is 0 Å². The third kappa shape index (κ3) is 2.72. The molecule has 2 N–H and O–H groups in total. The Morgan fingerprint density at radius 1 is 1.47 bits per heavy atom. The number of nitrogens with two attached hydrogens (primary N) is 1. The van der Waals surface area contributed by atoms with Crippen molar-refractivity contribution in [1.29, 1.82) is 0 Å². The third-order valence-electron chi connectivity index (χ3n) is 3.75. The van der Waals surface area contributed by atoms with Gasteiger partial charge in [-0.2, -0.15) is 4.37 Å². The monoisotopic (exact) mass is 303 g/mol. The second-order valence-electron chi connectivity index (χ2n) is 5.28. The molecule has 2 unspecified atom stereocenters. The maximum atomic E-state index is 12.2. The average molecular weight is 303 g/mol. The molecular weight excluding hydrogens is 282 g/mol. The quantitative estimate of drug-likeness (QED) is 0.926. The first-order valence-electron chi connectivity index (χ1n) is 6.61. The van der Waals surface area contributed by atoms with E-state index < -0.39 is 9.84 Å². The number of piperidine rings is 1. The molecule has 2 atom stereocenters. The van der Waals surface area contributed by atoms with Gasteiger partial charge in [-0.25, -0.2) is 8.42 Å². The highest BCUT2D eigenvalue weighted by Crippen LogP contribution is 2.39. The number of sulfone groups is 1. The van der Waals surface area contributed by atoms with Crippen molar-refractivity contribution in [2.24, 2.45) is 5.92 Å². The molecule has 0 amide bonds. The van der Waals surface area contributed by atoms with Gasteiger partial charge in [0.15, 0.2) is 15.7 Å². The van der Waals surface area contributed by atoms with Crippen molar-refractivity contribution >= 4 is 32.2 Å². The minimum atomic E-state index is -3.32. The Labute approximate surface area is 118 Å². The zero-order valence-corrected chi connectivity index (χ0v) is 13.2. The predicted octanol–water partition coefficient (Wildman–Crippen LogP) is 2.14. The number of rotatable bonds is 3. The summed E-state index contributed by atoms with van der Waals surface area (Å²) in [7, 11) is -3.32. The Morgan fingerprint density at radius 2 is 2.16 bits per heavy atom. The minimum Gasteiger partial charge on any atom is -0.382 e. The summed E-state index contributed by atoms with van der Waals surface area (Å²) in [5.41, 5.74) is 5.78. The highest BCUT2D eigenvalue weighted by molar-refractivity contribution is 7.91. The molecule has 2 heterocycles. The Kier molecular flexibility index (Phi) is 4.06.